The van der Waals surface area contributed by atoms with Crippen LogP contribution in [0.25, 0.3) is 0 Å². The van der Waals surface area contributed by atoms with Crippen molar-refractivity contribution in [2.75, 3.05) is 0 Å². The van der Waals surface area contributed by atoms with Gasteiger partial charge >= 0.3 is 7.94 Å². The van der Waals surface area contributed by atoms with Gasteiger partial charge in [0, 0.05) is 33.7 Å². The van der Waals surface area contributed by atoms with Crippen LogP contribution in [0.4, 0.5) is 0 Å². The lowest BCUT2D eigenvalue weighted by molar-refractivity contribution is 0.342. The molecule has 0 amide bonds. The maximum absolute atomic E-state index is 12.8. The van der Waals surface area contributed by atoms with Crippen LogP contribution < -0.4 is 14.4 Å². The average molecular weight is 548 g/mol. The maximum atomic E-state index is 12.8. The Morgan fingerprint density at radius 3 is 1.36 bits per heavy atom. The molecule has 3 aromatic rings. The van der Waals surface area contributed by atoms with Crippen LogP contribution in [0.3, 0.4) is 0 Å². The van der Waals surface area contributed by atoms with Gasteiger partial charge in [0.25, 0.3) is 0 Å². The Labute approximate surface area is 237 Å². The van der Waals surface area contributed by atoms with Crippen LogP contribution in [-0.2, 0) is 16.2 Å². The number of hydrogen-bond acceptors (Lipinski definition) is 3. The van der Waals surface area contributed by atoms with Crippen LogP contribution in [0.2, 0.25) is 0 Å². The fraction of sp³-hybridized carbons (Fsp3) is 0.486. The molecule has 0 atom stereocenters. The SMILES string of the molecule is Cc1ccc([P+]2(O)Oc3c(cc(C)cc3C(C)(C)C)C(C)c3cc(C)cc(C(C)(C)C)c3O2)c(C(C)(C)C)c1. The molecule has 39 heavy (non-hydrogen) atoms. The molecule has 0 aliphatic carbocycles. The number of fused-ring (bicyclic) bond motifs is 2. The standard InChI is InChI=1S/C35H48O3P/c1-21-14-15-30(27(18-21)33(5,6)7)39(36)37-31-25(16-22(2)19-28(31)34(8,9)10)24(4)26-17-23(3)20-29(32(26)38-39)35(11,12)13/h14-20,24,36H,1-13H3/q+1. The lowest BCUT2D eigenvalue weighted by Crippen LogP contribution is -2.32. The molecule has 0 bridgehead atoms. The molecule has 1 aliphatic heterocycles. The molecule has 210 valence electrons. The van der Waals surface area contributed by atoms with Gasteiger partial charge in [0.2, 0.25) is 5.30 Å². The Hall–Kier alpha value is -2.35. The second-order valence-corrected chi connectivity index (χ2v) is 16.5. The summed E-state index contributed by atoms with van der Waals surface area (Å²) in [5.41, 5.74) is 8.34. The van der Waals surface area contributed by atoms with Gasteiger partial charge in [-0.3, -0.25) is 9.05 Å². The molecule has 0 fully saturated rings. The molecule has 4 heteroatoms. The van der Waals surface area contributed by atoms with Crippen LogP contribution in [0.15, 0.2) is 42.5 Å². The number of benzene rings is 3. The van der Waals surface area contributed by atoms with E-state index in [4.69, 9.17) is 9.05 Å². The first-order valence-corrected chi connectivity index (χ1v) is 15.7. The third kappa shape index (κ3) is 5.63. The van der Waals surface area contributed by atoms with Crippen molar-refractivity contribution >= 4 is 13.2 Å². The minimum atomic E-state index is -3.66. The third-order valence-electron chi connectivity index (χ3n) is 7.77. The Morgan fingerprint density at radius 2 is 0.974 bits per heavy atom. The Morgan fingerprint density at radius 1 is 0.590 bits per heavy atom. The summed E-state index contributed by atoms with van der Waals surface area (Å²) >= 11 is 0. The third-order valence-corrected chi connectivity index (χ3v) is 9.63. The summed E-state index contributed by atoms with van der Waals surface area (Å²) in [6.45, 7) is 28.4. The Bertz CT molecular complexity index is 1340. The summed E-state index contributed by atoms with van der Waals surface area (Å²) in [4.78, 5) is 12.8. The van der Waals surface area contributed by atoms with E-state index in [0.29, 0.717) is 0 Å². The van der Waals surface area contributed by atoms with Gasteiger partial charge in [0.1, 0.15) is 0 Å². The largest absolute Gasteiger partial charge is 0.533 e. The second-order valence-electron chi connectivity index (χ2n) is 14.7. The van der Waals surface area contributed by atoms with E-state index < -0.39 is 7.94 Å². The van der Waals surface area contributed by atoms with Gasteiger partial charge in [-0.25, -0.2) is 0 Å². The monoisotopic (exact) mass is 547 g/mol. The highest BCUT2D eigenvalue weighted by molar-refractivity contribution is 7.69. The zero-order chi connectivity index (χ0) is 29.3. The van der Waals surface area contributed by atoms with Crippen LogP contribution >= 0.6 is 7.94 Å². The van der Waals surface area contributed by atoms with Gasteiger partial charge in [-0.05, 0) is 43.1 Å². The molecule has 0 aromatic heterocycles. The predicted octanol–water partition coefficient (Wildman–Crippen LogP) is 9.51. The quantitative estimate of drug-likeness (QED) is 0.308. The molecule has 3 aromatic carbocycles. The van der Waals surface area contributed by atoms with Gasteiger partial charge in [-0.2, -0.15) is 4.89 Å². The van der Waals surface area contributed by atoms with Gasteiger partial charge in [0.15, 0.2) is 11.5 Å². The smallest absolute Gasteiger partial charge is 0.273 e. The minimum absolute atomic E-state index is 0.0193. The Balaban J connectivity index is 2.18. The van der Waals surface area contributed by atoms with Gasteiger partial charge in [-0.15, -0.1) is 0 Å². The van der Waals surface area contributed by atoms with Crippen molar-refractivity contribution in [2.24, 2.45) is 0 Å². The van der Waals surface area contributed by atoms with Gasteiger partial charge in [-0.1, -0.05) is 122 Å². The van der Waals surface area contributed by atoms with E-state index in [-0.39, 0.29) is 22.2 Å². The van der Waals surface area contributed by atoms with Crippen molar-refractivity contribution in [1.29, 1.82) is 0 Å². The zero-order valence-corrected chi connectivity index (χ0v) is 27.2. The van der Waals surface area contributed by atoms with Crippen LogP contribution in [-0.4, -0.2) is 4.89 Å². The molecular weight excluding hydrogens is 499 g/mol. The van der Waals surface area contributed by atoms with E-state index in [2.05, 4.69) is 126 Å². The topological polar surface area (TPSA) is 38.7 Å². The fourth-order valence-electron chi connectivity index (χ4n) is 5.59. The van der Waals surface area contributed by atoms with Crippen molar-refractivity contribution in [3.63, 3.8) is 0 Å². The van der Waals surface area contributed by atoms with E-state index in [1.165, 1.54) is 11.1 Å². The van der Waals surface area contributed by atoms with Crippen molar-refractivity contribution in [1.82, 2.24) is 0 Å². The zero-order valence-electron chi connectivity index (χ0n) is 26.3. The van der Waals surface area contributed by atoms with Gasteiger partial charge < -0.3 is 0 Å². The number of hydrogen-bond donors (Lipinski definition) is 1. The first-order valence-electron chi connectivity index (χ1n) is 14.1. The Kier molecular flexibility index (Phi) is 7.32. The first-order chi connectivity index (χ1) is 17.7. The number of rotatable bonds is 1. The van der Waals surface area contributed by atoms with Gasteiger partial charge in [0.05, 0.1) is 0 Å². The van der Waals surface area contributed by atoms with Crippen LogP contribution in [0.1, 0.15) is 120 Å². The molecular formula is C35H48O3P+. The average Bonchev–Trinajstić information content (AvgIpc) is 2.77. The lowest BCUT2D eigenvalue weighted by Gasteiger charge is -2.34. The molecule has 0 spiro atoms. The molecule has 1 heterocycles. The van der Waals surface area contributed by atoms with E-state index in [1.807, 2.05) is 6.07 Å². The fourth-order valence-corrected chi connectivity index (χ4v) is 7.70. The minimum Gasteiger partial charge on any atom is -0.273 e. The summed E-state index contributed by atoms with van der Waals surface area (Å²) in [6, 6.07) is 15.1. The van der Waals surface area contributed by atoms with E-state index in [9.17, 15) is 4.89 Å². The molecule has 4 rings (SSSR count). The first kappa shape index (κ1) is 29.6. The lowest BCUT2D eigenvalue weighted by atomic mass is 9.79. The van der Waals surface area contributed by atoms with Crippen molar-refractivity contribution in [3.05, 3.63) is 87.0 Å². The van der Waals surface area contributed by atoms with E-state index >= 15 is 0 Å². The number of aryl methyl sites for hydroxylation is 3. The highest BCUT2D eigenvalue weighted by Gasteiger charge is 2.54. The summed E-state index contributed by atoms with van der Waals surface area (Å²) in [6.07, 6.45) is 0. The summed E-state index contributed by atoms with van der Waals surface area (Å²) in [5.74, 6) is 1.52. The molecule has 1 aliphatic rings. The van der Waals surface area contributed by atoms with Crippen molar-refractivity contribution in [3.8, 4) is 11.5 Å². The van der Waals surface area contributed by atoms with Crippen LogP contribution in [0.5, 0.6) is 11.5 Å². The van der Waals surface area contributed by atoms with E-state index in [0.717, 1.165) is 50.2 Å². The van der Waals surface area contributed by atoms with Crippen molar-refractivity contribution < 1.29 is 13.9 Å². The normalized spacial score (nSPS) is 19.8. The summed E-state index contributed by atoms with van der Waals surface area (Å²) < 4.78 is 13.9. The molecule has 0 saturated carbocycles. The summed E-state index contributed by atoms with van der Waals surface area (Å²) in [5, 5.41) is 0.743. The highest BCUT2D eigenvalue weighted by atomic mass is 31.2. The maximum Gasteiger partial charge on any atom is 0.533 e. The molecule has 0 unspecified atom stereocenters. The summed E-state index contributed by atoms with van der Waals surface area (Å²) in [7, 11) is -3.66. The second kappa shape index (κ2) is 9.64. The molecule has 3 nitrogen and oxygen atoms in total. The highest BCUT2D eigenvalue weighted by Crippen LogP contribution is 2.63. The predicted molar refractivity (Wildman–Crippen MR) is 167 cm³/mol. The molecule has 0 saturated heterocycles. The van der Waals surface area contributed by atoms with Crippen molar-refractivity contribution in [2.45, 2.75) is 112 Å². The molecule has 0 radical (unpaired) electrons. The van der Waals surface area contributed by atoms with E-state index in [1.54, 1.807) is 0 Å². The molecule has 1 N–H and O–H groups in total. The van der Waals surface area contributed by atoms with Crippen LogP contribution in [0, 0.1) is 20.8 Å².